The van der Waals surface area contributed by atoms with Gasteiger partial charge in [0.25, 0.3) is 5.91 Å². The van der Waals surface area contributed by atoms with Crippen LogP contribution in [0.15, 0.2) is 83.1 Å². The molecule has 3 aromatic carbocycles. The summed E-state index contributed by atoms with van der Waals surface area (Å²) < 4.78 is 7.21. The molecule has 1 aromatic heterocycles. The maximum absolute atomic E-state index is 12.5. The van der Waals surface area contributed by atoms with Gasteiger partial charge in [-0.2, -0.15) is 5.10 Å². The zero-order valence-corrected chi connectivity index (χ0v) is 20.4. The van der Waals surface area contributed by atoms with Gasteiger partial charge in [0.1, 0.15) is 11.5 Å². The molecule has 1 amide bonds. The number of aromatic hydroxyl groups is 1. The van der Waals surface area contributed by atoms with Gasteiger partial charge in [0.15, 0.2) is 11.0 Å². The van der Waals surface area contributed by atoms with E-state index in [-0.39, 0.29) is 17.4 Å². The van der Waals surface area contributed by atoms with Crippen molar-refractivity contribution in [3.8, 4) is 28.6 Å². The highest BCUT2D eigenvalue weighted by atomic mass is 32.2. The van der Waals surface area contributed by atoms with Crippen molar-refractivity contribution in [2.45, 2.75) is 19.0 Å². The van der Waals surface area contributed by atoms with Crippen molar-refractivity contribution in [1.82, 2.24) is 20.2 Å². The lowest BCUT2D eigenvalue weighted by Crippen LogP contribution is -2.21. The molecule has 0 atom stereocenters. The van der Waals surface area contributed by atoms with Gasteiger partial charge in [-0.15, -0.1) is 10.2 Å². The number of hydrogen-bond acceptors (Lipinski definition) is 7. The molecule has 0 fully saturated rings. The van der Waals surface area contributed by atoms with E-state index in [1.54, 1.807) is 38.3 Å². The molecule has 178 valence electrons. The van der Waals surface area contributed by atoms with E-state index in [2.05, 4.69) is 20.7 Å². The van der Waals surface area contributed by atoms with Gasteiger partial charge >= 0.3 is 0 Å². The third kappa shape index (κ3) is 5.88. The molecule has 0 saturated carbocycles. The number of rotatable bonds is 8. The van der Waals surface area contributed by atoms with Gasteiger partial charge in [0, 0.05) is 11.3 Å². The molecule has 8 nitrogen and oxygen atoms in total. The zero-order valence-electron chi connectivity index (χ0n) is 19.6. The van der Waals surface area contributed by atoms with E-state index in [0.717, 1.165) is 28.1 Å². The number of amides is 1. The Kier molecular flexibility index (Phi) is 7.47. The van der Waals surface area contributed by atoms with Gasteiger partial charge in [0.2, 0.25) is 0 Å². The fourth-order valence-corrected chi connectivity index (χ4v) is 4.04. The third-order valence-corrected chi connectivity index (χ3v) is 6.17. The summed E-state index contributed by atoms with van der Waals surface area (Å²) in [6.07, 6.45) is 0. The van der Waals surface area contributed by atoms with Crippen LogP contribution in [0.2, 0.25) is 0 Å². The Morgan fingerprint density at radius 1 is 1.03 bits per heavy atom. The molecular formula is C26H25N5O3S. The Bertz CT molecular complexity index is 1330. The van der Waals surface area contributed by atoms with Crippen molar-refractivity contribution in [3.63, 3.8) is 0 Å². The van der Waals surface area contributed by atoms with Crippen LogP contribution in [-0.2, 0) is 4.79 Å². The summed E-state index contributed by atoms with van der Waals surface area (Å²) in [6, 6.07) is 22.3. The number of methoxy groups -OCH3 is 1. The molecule has 0 aliphatic carbocycles. The number of hydrazone groups is 1. The Morgan fingerprint density at radius 3 is 2.37 bits per heavy atom. The molecule has 0 bridgehead atoms. The predicted octanol–water partition coefficient (Wildman–Crippen LogP) is 4.59. The third-order valence-electron chi connectivity index (χ3n) is 5.24. The molecule has 0 spiro atoms. The SMILES string of the molecule is COc1ccc(-n2c(SCC(=O)NN=C(C)c3ccc(O)cc3)nnc2-c2ccc(C)cc2)cc1. The quantitative estimate of drug-likeness (QED) is 0.214. The smallest absolute Gasteiger partial charge is 0.250 e. The molecule has 0 aliphatic rings. The second-order valence-electron chi connectivity index (χ2n) is 7.77. The molecule has 4 aromatic rings. The van der Waals surface area contributed by atoms with Crippen LogP contribution in [0.3, 0.4) is 0 Å². The van der Waals surface area contributed by atoms with Crippen molar-refractivity contribution in [2.75, 3.05) is 12.9 Å². The van der Waals surface area contributed by atoms with E-state index in [1.165, 1.54) is 11.8 Å². The molecule has 0 saturated heterocycles. The lowest BCUT2D eigenvalue weighted by molar-refractivity contribution is -0.118. The van der Waals surface area contributed by atoms with Gasteiger partial charge in [0.05, 0.1) is 18.6 Å². The summed E-state index contributed by atoms with van der Waals surface area (Å²) in [5, 5.41) is 22.9. The topological polar surface area (TPSA) is 102 Å². The highest BCUT2D eigenvalue weighted by Gasteiger charge is 2.17. The number of phenols is 1. The van der Waals surface area contributed by atoms with Gasteiger partial charge in [-0.25, -0.2) is 5.43 Å². The predicted molar refractivity (Wildman–Crippen MR) is 137 cm³/mol. The average Bonchev–Trinajstić information content (AvgIpc) is 3.31. The minimum absolute atomic E-state index is 0.106. The molecule has 0 unspecified atom stereocenters. The second kappa shape index (κ2) is 10.9. The molecule has 9 heteroatoms. The van der Waals surface area contributed by atoms with Gasteiger partial charge < -0.3 is 9.84 Å². The van der Waals surface area contributed by atoms with Crippen LogP contribution in [0, 0.1) is 6.92 Å². The van der Waals surface area contributed by atoms with Crippen LogP contribution in [0.25, 0.3) is 17.1 Å². The normalized spacial score (nSPS) is 11.3. The average molecular weight is 488 g/mol. The highest BCUT2D eigenvalue weighted by Crippen LogP contribution is 2.29. The largest absolute Gasteiger partial charge is 0.508 e. The fraction of sp³-hybridized carbons (Fsp3) is 0.154. The minimum atomic E-state index is -0.269. The van der Waals surface area contributed by atoms with Crippen molar-refractivity contribution in [3.05, 3.63) is 83.9 Å². The zero-order chi connectivity index (χ0) is 24.8. The number of nitrogens with zero attached hydrogens (tertiary/aromatic N) is 4. The Labute approximate surface area is 207 Å². The van der Waals surface area contributed by atoms with Crippen LogP contribution < -0.4 is 10.2 Å². The first-order valence-corrected chi connectivity index (χ1v) is 11.9. The van der Waals surface area contributed by atoms with E-state index in [4.69, 9.17) is 4.74 Å². The first-order chi connectivity index (χ1) is 16.9. The van der Waals surface area contributed by atoms with E-state index in [9.17, 15) is 9.90 Å². The second-order valence-corrected chi connectivity index (χ2v) is 8.72. The Balaban J connectivity index is 1.53. The van der Waals surface area contributed by atoms with Crippen LogP contribution in [-0.4, -0.2) is 44.4 Å². The number of aryl methyl sites for hydroxylation is 1. The number of hydrogen-bond donors (Lipinski definition) is 2. The highest BCUT2D eigenvalue weighted by molar-refractivity contribution is 7.99. The summed E-state index contributed by atoms with van der Waals surface area (Å²) in [5.74, 6) is 1.44. The molecule has 0 radical (unpaired) electrons. The maximum atomic E-state index is 12.5. The molecule has 1 heterocycles. The van der Waals surface area contributed by atoms with Crippen LogP contribution in [0.5, 0.6) is 11.5 Å². The van der Waals surface area contributed by atoms with Crippen LogP contribution >= 0.6 is 11.8 Å². The minimum Gasteiger partial charge on any atom is -0.508 e. The summed E-state index contributed by atoms with van der Waals surface area (Å²) in [4.78, 5) is 12.5. The first-order valence-electron chi connectivity index (χ1n) is 10.9. The van der Waals surface area contributed by atoms with Crippen LogP contribution in [0.4, 0.5) is 0 Å². The number of phenolic OH excluding ortho intramolecular Hbond substituents is 1. The number of carbonyl (C=O) groups excluding carboxylic acids is 1. The number of carbonyl (C=O) groups is 1. The number of nitrogens with one attached hydrogen (secondary N) is 1. The number of thioether (sulfide) groups is 1. The summed E-state index contributed by atoms with van der Waals surface area (Å²) >= 11 is 1.27. The maximum Gasteiger partial charge on any atom is 0.250 e. The number of benzene rings is 3. The molecule has 2 N–H and O–H groups in total. The van der Waals surface area contributed by atoms with E-state index < -0.39 is 0 Å². The first kappa shape index (κ1) is 24.0. The molecule has 35 heavy (non-hydrogen) atoms. The summed E-state index contributed by atoms with van der Waals surface area (Å²) in [7, 11) is 1.62. The number of aromatic nitrogens is 3. The molecular weight excluding hydrogens is 462 g/mol. The molecule has 4 rings (SSSR count). The van der Waals surface area contributed by atoms with Crippen molar-refractivity contribution < 1.29 is 14.6 Å². The Morgan fingerprint density at radius 2 is 1.71 bits per heavy atom. The van der Waals surface area contributed by atoms with Crippen molar-refractivity contribution >= 4 is 23.4 Å². The Hall–Kier alpha value is -4.11. The van der Waals surface area contributed by atoms with Gasteiger partial charge in [-0.1, -0.05) is 41.6 Å². The molecule has 0 aliphatic heterocycles. The lowest BCUT2D eigenvalue weighted by atomic mass is 10.1. The number of ether oxygens (including phenoxy) is 1. The summed E-state index contributed by atoms with van der Waals surface area (Å²) in [6.45, 7) is 3.82. The van der Waals surface area contributed by atoms with Gasteiger partial charge in [-0.05, 0) is 67.9 Å². The van der Waals surface area contributed by atoms with E-state index >= 15 is 0 Å². The van der Waals surface area contributed by atoms with Crippen LogP contribution in [0.1, 0.15) is 18.1 Å². The van der Waals surface area contributed by atoms with E-state index in [1.807, 2.05) is 60.0 Å². The fourth-order valence-electron chi connectivity index (χ4n) is 3.29. The van der Waals surface area contributed by atoms with Crippen molar-refractivity contribution in [2.24, 2.45) is 5.10 Å². The van der Waals surface area contributed by atoms with E-state index in [0.29, 0.717) is 16.7 Å². The standard InChI is InChI=1S/C26H25N5O3S/c1-17-4-6-20(7-5-17)25-29-30-26(31(25)21-10-14-23(34-3)15-11-21)35-16-24(33)28-27-18(2)19-8-12-22(32)13-9-19/h4-15,32H,16H2,1-3H3,(H,28,33). The lowest BCUT2D eigenvalue weighted by Gasteiger charge is -2.11. The van der Waals surface area contributed by atoms with Gasteiger partial charge in [-0.3, -0.25) is 9.36 Å². The summed E-state index contributed by atoms with van der Waals surface area (Å²) in [5.41, 5.74) is 6.94. The van der Waals surface area contributed by atoms with Crippen molar-refractivity contribution in [1.29, 1.82) is 0 Å². The monoisotopic (exact) mass is 487 g/mol.